The number of nitrogens with zero attached hydrogens (tertiary/aromatic N) is 1. The lowest BCUT2D eigenvalue weighted by Gasteiger charge is -2.29. The van der Waals surface area contributed by atoms with E-state index < -0.39 is 20.9 Å². The van der Waals surface area contributed by atoms with Gasteiger partial charge in [0.25, 0.3) is 16.0 Å². The molecule has 1 amide bonds. The van der Waals surface area contributed by atoms with Gasteiger partial charge in [0.2, 0.25) is 0 Å². The van der Waals surface area contributed by atoms with Gasteiger partial charge in [-0.2, -0.15) is 8.42 Å². The van der Waals surface area contributed by atoms with E-state index in [9.17, 15) is 22.9 Å². The van der Waals surface area contributed by atoms with Gasteiger partial charge in [-0.15, -0.1) is 12.6 Å². The summed E-state index contributed by atoms with van der Waals surface area (Å²) in [7, 11) is -4.55. The number of anilines is 1. The highest BCUT2D eigenvalue weighted by molar-refractivity contribution is 7.86. The van der Waals surface area contributed by atoms with E-state index in [-0.39, 0.29) is 27.8 Å². The Morgan fingerprint density at radius 2 is 1.93 bits per heavy atom. The van der Waals surface area contributed by atoms with Gasteiger partial charge < -0.3 is 20.1 Å². The topological polar surface area (TPSA) is 140 Å². The zero-order valence-electron chi connectivity index (χ0n) is 15.0. The fourth-order valence-corrected chi connectivity index (χ4v) is 3.39. The van der Waals surface area contributed by atoms with Crippen LogP contribution in [0.5, 0.6) is 0 Å². The van der Waals surface area contributed by atoms with Crippen molar-refractivity contribution in [2.75, 3.05) is 31.6 Å². The van der Waals surface area contributed by atoms with Crippen molar-refractivity contribution >= 4 is 40.2 Å². The first kappa shape index (κ1) is 22.0. The molecule has 0 bridgehead atoms. The van der Waals surface area contributed by atoms with Crippen molar-refractivity contribution in [3.05, 3.63) is 46.6 Å². The predicted molar refractivity (Wildman–Crippen MR) is 107 cm³/mol. The highest BCUT2D eigenvalue weighted by Gasteiger charge is 2.21. The number of allylic oxidation sites excluding steroid dienone is 1. The maximum Gasteiger partial charge on any atom is 0.296 e. The van der Waals surface area contributed by atoms with Crippen LogP contribution >= 0.6 is 12.6 Å². The van der Waals surface area contributed by atoms with Crippen molar-refractivity contribution in [3.63, 3.8) is 0 Å². The van der Waals surface area contributed by atoms with Gasteiger partial charge in [0.15, 0.2) is 0 Å². The molecule has 1 aliphatic heterocycles. The van der Waals surface area contributed by atoms with Gasteiger partial charge in [-0.05, 0) is 25.1 Å². The summed E-state index contributed by atoms with van der Waals surface area (Å²) in [5.41, 5.74) is -0.348. The third-order valence-electron chi connectivity index (χ3n) is 3.90. The van der Waals surface area contributed by atoms with Crippen LogP contribution in [0.4, 0.5) is 5.69 Å². The Morgan fingerprint density at radius 3 is 2.50 bits per heavy atom. The van der Waals surface area contributed by atoms with Gasteiger partial charge in [-0.25, -0.2) is 0 Å². The number of carbonyl (C=O) groups excluding carboxylic acids is 1. The molecule has 1 aromatic rings. The van der Waals surface area contributed by atoms with Crippen molar-refractivity contribution in [3.8, 4) is 0 Å². The van der Waals surface area contributed by atoms with E-state index in [2.05, 4.69) is 17.9 Å². The van der Waals surface area contributed by atoms with E-state index in [0.717, 1.165) is 6.07 Å². The molecular formula is C17H21N3O6S2. The lowest BCUT2D eigenvalue weighted by atomic mass is 10.1. The van der Waals surface area contributed by atoms with Gasteiger partial charge >= 0.3 is 0 Å². The number of nitrogens with one attached hydrogen (secondary N) is 2. The van der Waals surface area contributed by atoms with Crippen LogP contribution in [0.2, 0.25) is 0 Å². The second-order valence-corrected chi connectivity index (χ2v) is 7.77. The highest BCUT2D eigenvalue weighted by atomic mass is 32.2. The number of aliphatic hydroxyl groups is 1. The van der Waals surface area contributed by atoms with E-state index in [1.54, 1.807) is 4.90 Å². The number of amides is 1. The monoisotopic (exact) mass is 427 g/mol. The molecule has 2 rings (SSSR count). The molecule has 9 nitrogen and oxygen atoms in total. The van der Waals surface area contributed by atoms with Crippen LogP contribution in [0.3, 0.4) is 0 Å². The van der Waals surface area contributed by atoms with Gasteiger partial charge in [0, 0.05) is 18.0 Å². The Balaban J connectivity index is 2.27. The molecule has 0 unspecified atom stereocenters. The third-order valence-corrected chi connectivity index (χ3v) is 5.15. The summed E-state index contributed by atoms with van der Waals surface area (Å²) in [5, 5.41) is 20.4. The molecule has 1 saturated heterocycles. The fraction of sp³-hybridized carbons (Fsp3) is 0.294. The lowest BCUT2D eigenvalue weighted by Crippen LogP contribution is -2.40. The van der Waals surface area contributed by atoms with Crippen LogP contribution in [0.15, 0.2) is 51.5 Å². The number of amidine groups is 1. The number of ether oxygens (including phenoxy) is 1. The van der Waals surface area contributed by atoms with Crippen molar-refractivity contribution in [2.45, 2.75) is 11.8 Å². The maximum absolute atomic E-state index is 12.6. The highest BCUT2D eigenvalue weighted by Crippen LogP contribution is 2.22. The van der Waals surface area contributed by atoms with Gasteiger partial charge in [0.1, 0.15) is 16.5 Å². The molecule has 11 heteroatoms. The second-order valence-electron chi connectivity index (χ2n) is 5.90. The van der Waals surface area contributed by atoms with Crippen LogP contribution < -0.4 is 5.32 Å². The summed E-state index contributed by atoms with van der Waals surface area (Å²) in [6.45, 7) is 3.22. The first-order chi connectivity index (χ1) is 13.1. The second kappa shape index (κ2) is 9.24. The van der Waals surface area contributed by atoms with Crippen LogP contribution in [-0.4, -0.2) is 61.0 Å². The molecule has 0 radical (unpaired) electrons. The molecule has 1 fully saturated rings. The Hall–Kier alpha value is -2.34. The minimum Gasteiger partial charge on any atom is -0.512 e. The molecule has 4 N–H and O–H groups in total. The van der Waals surface area contributed by atoms with Crippen molar-refractivity contribution in [1.29, 1.82) is 5.41 Å². The largest absolute Gasteiger partial charge is 0.512 e. The SMILES string of the molecule is CC(O)=C(C=C(S)C(=N)N1CCOCC1)C(=O)Nc1ccccc1S(=O)(=O)O. The summed E-state index contributed by atoms with van der Waals surface area (Å²) < 4.78 is 37.4. The average molecular weight is 428 g/mol. The molecule has 28 heavy (non-hydrogen) atoms. The number of para-hydroxylation sites is 1. The molecule has 0 spiro atoms. The van der Waals surface area contributed by atoms with E-state index in [4.69, 9.17) is 10.1 Å². The average Bonchev–Trinajstić information content (AvgIpc) is 2.65. The van der Waals surface area contributed by atoms with Gasteiger partial charge in [0.05, 0.1) is 24.5 Å². The summed E-state index contributed by atoms with van der Waals surface area (Å²) in [6.07, 6.45) is 1.22. The zero-order valence-corrected chi connectivity index (χ0v) is 16.8. The van der Waals surface area contributed by atoms with Crippen LogP contribution in [0.25, 0.3) is 0 Å². The number of aliphatic hydroxyl groups excluding tert-OH is 1. The smallest absolute Gasteiger partial charge is 0.296 e. The lowest BCUT2D eigenvalue weighted by molar-refractivity contribution is -0.112. The Labute approximate surface area is 168 Å². The fourth-order valence-electron chi connectivity index (χ4n) is 2.47. The summed E-state index contributed by atoms with van der Waals surface area (Å²) in [5.74, 6) is -1.10. The summed E-state index contributed by atoms with van der Waals surface area (Å²) >= 11 is 4.25. The number of carbonyl (C=O) groups is 1. The molecular weight excluding hydrogens is 406 g/mol. The number of hydrogen-bond acceptors (Lipinski definition) is 7. The number of morpholine rings is 1. The summed E-state index contributed by atoms with van der Waals surface area (Å²) in [4.78, 5) is 14.0. The molecule has 1 aromatic carbocycles. The van der Waals surface area contributed by atoms with Crippen LogP contribution in [0, 0.1) is 5.41 Å². The number of benzene rings is 1. The Bertz CT molecular complexity index is 930. The number of hydrogen-bond donors (Lipinski definition) is 5. The van der Waals surface area contributed by atoms with E-state index in [0.29, 0.717) is 26.3 Å². The first-order valence-corrected chi connectivity index (χ1v) is 10.1. The number of thiol groups is 1. The van der Waals surface area contributed by atoms with E-state index in [1.807, 2.05) is 0 Å². The van der Waals surface area contributed by atoms with Crippen LogP contribution in [-0.2, 0) is 19.6 Å². The summed E-state index contributed by atoms with van der Waals surface area (Å²) in [6, 6.07) is 5.30. The van der Waals surface area contributed by atoms with Crippen molar-refractivity contribution < 1.29 is 27.6 Å². The van der Waals surface area contributed by atoms with Crippen molar-refractivity contribution in [2.24, 2.45) is 0 Å². The molecule has 1 aliphatic rings. The molecule has 0 atom stereocenters. The van der Waals surface area contributed by atoms with Gasteiger partial charge in [-0.3, -0.25) is 14.8 Å². The first-order valence-electron chi connectivity index (χ1n) is 8.21. The molecule has 1 heterocycles. The normalized spacial score (nSPS) is 16.4. The standard InChI is InChI=1S/C17H21N3O6S2/c1-11(21)12(10-14(27)16(18)20-6-8-26-9-7-20)17(22)19-13-4-2-3-5-15(13)28(23,24)25/h2-5,10,18,21,27H,6-9H2,1H3,(H,19,22)(H,23,24,25). The number of rotatable bonds is 5. The molecule has 0 saturated carbocycles. The van der Waals surface area contributed by atoms with Crippen LogP contribution in [0.1, 0.15) is 6.92 Å². The molecule has 0 aromatic heterocycles. The van der Waals surface area contributed by atoms with Gasteiger partial charge in [-0.1, -0.05) is 12.1 Å². The van der Waals surface area contributed by atoms with Crippen molar-refractivity contribution in [1.82, 2.24) is 4.90 Å². The quantitative estimate of drug-likeness (QED) is 0.0918. The predicted octanol–water partition coefficient (Wildman–Crippen LogP) is 1.83. The minimum atomic E-state index is -4.55. The molecule has 152 valence electrons. The maximum atomic E-state index is 12.6. The molecule has 0 aliphatic carbocycles. The zero-order chi connectivity index (χ0) is 20.9. The Kier molecular flexibility index (Phi) is 7.24. The van der Waals surface area contributed by atoms with E-state index in [1.165, 1.54) is 31.2 Å². The van der Waals surface area contributed by atoms with E-state index >= 15 is 0 Å². The Morgan fingerprint density at radius 1 is 1.32 bits per heavy atom. The minimum absolute atomic E-state index is 0.0662. The third kappa shape index (κ3) is 5.58.